The van der Waals surface area contributed by atoms with Crippen LogP contribution in [-0.4, -0.2) is 36.0 Å². The van der Waals surface area contributed by atoms with Crippen LogP contribution < -0.4 is 5.32 Å². The van der Waals surface area contributed by atoms with Crippen LogP contribution in [0.5, 0.6) is 0 Å². The van der Waals surface area contributed by atoms with Gasteiger partial charge < -0.3 is 10.2 Å². The molecule has 2 rings (SSSR count). The molecule has 0 aromatic carbocycles. The van der Waals surface area contributed by atoms with E-state index in [1.54, 1.807) is 0 Å². The first kappa shape index (κ1) is 13.9. The second kappa shape index (κ2) is 5.20. The van der Waals surface area contributed by atoms with Crippen molar-refractivity contribution in [3.63, 3.8) is 0 Å². The Hall–Kier alpha value is -0.570. The normalized spacial score (nSPS) is 33.8. The summed E-state index contributed by atoms with van der Waals surface area (Å²) in [6.45, 7) is 10.9. The Bertz CT molecular complexity index is 308. The number of likely N-dealkylation sites (tertiary alicyclic amines) is 1. The fourth-order valence-corrected chi connectivity index (χ4v) is 3.22. The summed E-state index contributed by atoms with van der Waals surface area (Å²) in [5, 5.41) is 3.46. The van der Waals surface area contributed by atoms with Crippen molar-refractivity contribution in [3.05, 3.63) is 0 Å². The first-order valence-corrected chi connectivity index (χ1v) is 7.43. The van der Waals surface area contributed by atoms with E-state index in [0.717, 1.165) is 25.9 Å². The Morgan fingerprint density at radius 2 is 1.94 bits per heavy atom. The highest BCUT2D eigenvalue weighted by molar-refractivity contribution is 5.82. The van der Waals surface area contributed by atoms with Gasteiger partial charge in [0, 0.05) is 19.1 Å². The number of amides is 1. The molecule has 2 fully saturated rings. The van der Waals surface area contributed by atoms with Crippen LogP contribution in [0.3, 0.4) is 0 Å². The van der Waals surface area contributed by atoms with Gasteiger partial charge in [0.25, 0.3) is 0 Å². The first-order valence-electron chi connectivity index (χ1n) is 7.43. The van der Waals surface area contributed by atoms with E-state index in [1.807, 2.05) is 0 Å². The fourth-order valence-electron chi connectivity index (χ4n) is 3.22. The van der Waals surface area contributed by atoms with E-state index in [-0.39, 0.29) is 6.04 Å². The lowest BCUT2D eigenvalue weighted by Gasteiger charge is -2.32. The van der Waals surface area contributed by atoms with Gasteiger partial charge in [0.1, 0.15) is 0 Å². The lowest BCUT2D eigenvalue weighted by molar-refractivity contribution is -0.133. The zero-order chi connectivity index (χ0) is 13.3. The van der Waals surface area contributed by atoms with Gasteiger partial charge in [-0.05, 0) is 43.9 Å². The number of hydrogen-bond donors (Lipinski definition) is 1. The fraction of sp³-hybridized carbons (Fsp3) is 0.933. The van der Waals surface area contributed by atoms with Crippen LogP contribution in [0.15, 0.2) is 0 Å². The third-order valence-electron chi connectivity index (χ3n) is 4.64. The van der Waals surface area contributed by atoms with Crippen molar-refractivity contribution in [2.24, 2.45) is 11.3 Å². The summed E-state index contributed by atoms with van der Waals surface area (Å²) < 4.78 is 0. The predicted octanol–water partition coefficient (Wildman–Crippen LogP) is 2.41. The molecule has 0 saturated carbocycles. The summed E-state index contributed by atoms with van der Waals surface area (Å²) in [5.41, 5.74) is 0.322. The molecule has 0 bridgehead atoms. The van der Waals surface area contributed by atoms with E-state index in [0.29, 0.717) is 23.3 Å². The smallest absolute Gasteiger partial charge is 0.239 e. The van der Waals surface area contributed by atoms with Crippen LogP contribution in [0.4, 0.5) is 0 Å². The monoisotopic (exact) mass is 252 g/mol. The highest BCUT2D eigenvalue weighted by atomic mass is 16.2. The molecule has 3 nitrogen and oxygen atoms in total. The van der Waals surface area contributed by atoms with E-state index in [1.165, 1.54) is 12.8 Å². The van der Waals surface area contributed by atoms with Gasteiger partial charge in [-0.25, -0.2) is 0 Å². The van der Waals surface area contributed by atoms with Crippen molar-refractivity contribution in [2.75, 3.05) is 13.1 Å². The summed E-state index contributed by atoms with van der Waals surface area (Å²) in [4.78, 5) is 14.6. The molecule has 0 spiro atoms. The van der Waals surface area contributed by atoms with E-state index in [9.17, 15) is 4.79 Å². The summed E-state index contributed by atoms with van der Waals surface area (Å²) in [6, 6.07) is 0.571. The van der Waals surface area contributed by atoms with Crippen molar-refractivity contribution in [1.82, 2.24) is 10.2 Å². The van der Waals surface area contributed by atoms with Gasteiger partial charge in [-0.3, -0.25) is 4.79 Å². The second-order valence-corrected chi connectivity index (χ2v) is 7.19. The highest BCUT2D eigenvalue weighted by Crippen LogP contribution is 2.34. The summed E-state index contributed by atoms with van der Waals surface area (Å²) >= 11 is 0. The molecule has 0 radical (unpaired) electrons. The van der Waals surface area contributed by atoms with Crippen molar-refractivity contribution < 1.29 is 4.79 Å². The third-order valence-corrected chi connectivity index (χ3v) is 4.64. The third kappa shape index (κ3) is 3.05. The highest BCUT2D eigenvalue weighted by Gasteiger charge is 2.36. The molecule has 104 valence electrons. The standard InChI is InChI=1S/C15H28N2O/c1-11-6-5-7-13(16-11)14(18)17-9-8-12(10-17)15(2,3)4/h11-13,16H,5-10H2,1-4H3. The van der Waals surface area contributed by atoms with Crippen molar-refractivity contribution >= 4 is 5.91 Å². The second-order valence-electron chi connectivity index (χ2n) is 7.19. The number of nitrogens with zero attached hydrogens (tertiary/aromatic N) is 1. The average molecular weight is 252 g/mol. The molecule has 0 aliphatic carbocycles. The van der Waals surface area contributed by atoms with Crippen LogP contribution in [0.2, 0.25) is 0 Å². The topological polar surface area (TPSA) is 32.3 Å². The number of piperidine rings is 1. The van der Waals surface area contributed by atoms with Crippen LogP contribution in [-0.2, 0) is 4.79 Å². The van der Waals surface area contributed by atoms with Crippen LogP contribution in [0.1, 0.15) is 53.4 Å². The molecule has 18 heavy (non-hydrogen) atoms. The van der Waals surface area contributed by atoms with Crippen molar-refractivity contribution in [1.29, 1.82) is 0 Å². The molecule has 2 heterocycles. The van der Waals surface area contributed by atoms with Gasteiger partial charge in [0.15, 0.2) is 0 Å². The Kier molecular flexibility index (Phi) is 4.00. The summed E-state index contributed by atoms with van der Waals surface area (Å²) in [7, 11) is 0. The molecular weight excluding hydrogens is 224 g/mol. The van der Waals surface area contributed by atoms with Gasteiger partial charge in [0.2, 0.25) is 5.91 Å². The van der Waals surface area contributed by atoms with Crippen molar-refractivity contribution in [2.45, 2.75) is 65.5 Å². The first-order chi connectivity index (χ1) is 8.38. The van der Waals surface area contributed by atoms with Gasteiger partial charge in [-0.15, -0.1) is 0 Å². The number of carbonyl (C=O) groups is 1. The molecule has 2 aliphatic rings. The largest absolute Gasteiger partial charge is 0.341 e. The predicted molar refractivity (Wildman–Crippen MR) is 74.4 cm³/mol. The number of hydrogen-bond acceptors (Lipinski definition) is 2. The average Bonchev–Trinajstić information content (AvgIpc) is 2.77. The van der Waals surface area contributed by atoms with E-state index in [2.05, 4.69) is 37.9 Å². The maximum absolute atomic E-state index is 12.5. The Balaban J connectivity index is 1.91. The zero-order valence-corrected chi connectivity index (χ0v) is 12.3. The molecule has 3 heteroatoms. The Labute approximate surface area is 111 Å². The molecule has 0 aromatic heterocycles. The Morgan fingerprint density at radius 1 is 1.22 bits per heavy atom. The number of rotatable bonds is 1. The number of carbonyl (C=O) groups excluding carboxylic acids is 1. The lowest BCUT2D eigenvalue weighted by Crippen LogP contribution is -2.51. The molecule has 3 unspecified atom stereocenters. The van der Waals surface area contributed by atoms with E-state index < -0.39 is 0 Å². The molecule has 1 N–H and O–H groups in total. The maximum Gasteiger partial charge on any atom is 0.239 e. The van der Waals surface area contributed by atoms with Crippen LogP contribution in [0.25, 0.3) is 0 Å². The molecule has 3 atom stereocenters. The SMILES string of the molecule is CC1CCCC(C(=O)N2CCC(C(C)(C)C)C2)N1. The quantitative estimate of drug-likeness (QED) is 0.777. The Morgan fingerprint density at radius 3 is 2.50 bits per heavy atom. The number of nitrogens with one attached hydrogen (secondary N) is 1. The minimum absolute atomic E-state index is 0.0764. The van der Waals surface area contributed by atoms with Crippen molar-refractivity contribution in [3.8, 4) is 0 Å². The molecule has 2 aliphatic heterocycles. The minimum Gasteiger partial charge on any atom is -0.341 e. The van der Waals surface area contributed by atoms with Gasteiger partial charge in [0.05, 0.1) is 6.04 Å². The van der Waals surface area contributed by atoms with Gasteiger partial charge >= 0.3 is 0 Å². The van der Waals surface area contributed by atoms with E-state index >= 15 is 0 Å². The van der Waals surface area contributed by atoms with E-state index in [4.69, 9.17) is 0 Å². The maximum atomic E-state index is 12.5. The summed E-state index contributed by atoms with van der Waals surface area (Å²) in [6.07, 6.45) is 4.56. The molecule has 1 amide bonds. The molecule has 2 saturated heterocycles. The summed E-state index contributed by atoms with van der Waals surface area (Å²) in [5.74, 6) is 0.996. The lowest BCUT2D eigenvalue weighted by atomic mass is 9.80. The minimum atomic E-state index is 0.0764. The van der Waals surface area contributed by atoms with Crippen LogP contribution in [0, 0.1) is 11.3 Å². The molecule has 0 aromatic rings. The van der Waals surface area contributed by atoms with Crippen LogP contribution >= 0.6 is 0 Å². The zero-order valence-electron chi connectivity index (χ0n) is 12.3. The van der Waals surface area contributed by atoms with Gasteiger partial charge in [-0.2, -0.15) is 0 Å². The molecular formula is C15H28N2O. The van der Waals surface area contributed by atoms with Gasteiger partial charge in [-0.1, -0.05) is 20.8 Å².